The largest absolute Gasteiger partial charge is 0.508 e. The van der Waals surface area contributed by atoms with Crippen LogP contribution < -0.4 is 5.32 Å². The summed E-state index contributed by atoms with van der Waals surface area (Å²) in [7, 11) is 0. The van der Waals surface area contributed by atoms with Gasteiger partial charge in [-0.3, -0.25) is 4.90 Å². The highest BCUT2D eigenvalue weighted by molar-refractivity contribution is 5.95. The molecule has 4 rings (SSSR count). The van der Waals surface area contributed by atoms with Crippen LogP contribution in [0.5, 0.6) is 5.75 Å². The number of benzene rings is 3. The van der Waals surface area contributed by atoms with E-state index in [1.807, 2.05) is 48.5 Å². The molecule has 1 heterocycles. The Morgan fingerprint density at radius 3 is 2.37 bits per heavy atom. The molecule has 0 atom stereocenters. The molecule has 0 aliphatic heterocycles. The second kappa shape index (κ2) is 8.97. The minimum Gasteiger partial charge on any atom is -0.508 e. The molecule has 4 nitrogen and oxygen atoms in total. The molecule has 0 saturated heterocycles. The molecule has 4 aromatic rings. The van der Waals surface area contributed by atoms with Gasteiger partial charge in [-0.1, -0.05) is 62.4 Å². The van der Waals surface area contributed by atoms with Crippen molar-refractivity contribution in [1.82, 2.24) is 9.88 Å². The van der Waals surface area contributed by atoms with E-state index < -0.39 is 0 Å². The third-order valence-corrected chi connectivity index (χ3v) is 5.43. The van der Waals surface area contributed by atoms with Crippen molar-refractivity contribution < 1.29 is 5.11 Å². The van der Waals surface area contributed by atoms with Crippen LogP contribution >= 0.6 is 0 Å². The van der Waals surface area contributed by atoms with Gasteiger partial charge >= 0.3 is 0 Å². The standard InChI is InChI=1S/C26H27N3O/c1-3-29(4-2)18-20-16-21(14-15-26(20)30)27-25-17-24(19-10-6-5-7-11-19)28-23-13-9-8-12-22(23)25/h5-17,30H,3-4,18H2,1-2H3,(H,27,28). The van der Waals surface area contributed by atoms with Crippen molar-refractivity contribution in [2.24, 2.45) is 0 Å². The van der Waals surface area contributed by atoms with Crippen LogP contribution in [0.1, 0.15) is 19.4 Å². The summed E-state index contributed by atoms with van der Waals surface area (Å²) in [5.41, 5.74) is 5.83. The van der Waals surface area contributed by atoms with Gasteiger partial charge in [0.05, 0.1) is 16.9 Å². The third kappa shape index (κ3) is 4.29. The van der Waals surface area contributed by atoms with E-state index in [1.165, 1.54) is 0 Å². The Bertz CT molecular complexity index is 1140. The van der Waals surface area contributed by atoms with E-state index in [1.54, 1.807) is 6.07 Å². The maximum Gasteiger partial charge on any atom is 0.120 e. The van der Waals surface area contributed by atoms with Crippen LogP contribution in [-0.2, 0) is 6.54 Å². The lowest BCUT2D eigenvalue weighted by Crippen LogP contribution is -2.22. The smallest absolute Gasteiger partial charge is 0.120 e. The number of rotatable bonds is 7. The molecular weight excluding hydrogens is 370 g/mol. The number of aromatic hydroxyl groups is 1. The molecule has 0 saturated carbocycles. The molecule has 0 bridgehead atoms. The summed E-state index contributed by atoms with van der Waals surface area (Å²) in [5.74, 6) is 0.331. The normalized spacial score (nSPS) is 11.2. The Balaban J connectivity index is 1.73. The maximum atomic E-state index is 10.3. The van der Waals surface area contributed by atoms with Crippen molar-refractivity contribution in [2.75, 3.05) is 18.4 Å². The molecule has 0 aliphatic carbocycles. The topological polar surface area (TPSA) is 48.4 Å². The summed E-state index contributed by atoms with van der Waals surface area (Å²) in [5, 5.41) is 15.0. The van der Waals surface area contributed by atoms with Crippen LogP contribution in [0.15, 0.2) is 78.9 Å². The zero-order chi connectivity index (χ0) is 20.9. The lowest BCUT2D eigenvalue weighted by molar-refractivity contribution is 0.291. The number of para-hydroxylation sites is 1. The number of phenolic OH excluding ortho intramolecular Hbond substituents is 1. The molecule has 30 heavy (non-hydrogen) atoms. The average molecular weight is 398 g/mol. The molecule has 152 valence electrons. The molecule has 3 aromatic carbocycles. The lowest BCUT2D eigenvalue weighted by atomic mass is 10.1. The number of aromatic nitrogens is 1. The van der Waals surface area contributed by atoms with Gasteiger partial charge in [-0.25, -0.2) is 4.98 Å². The monoisotopic (exact) mass is 397 g/mol. The van der Waals surface area contributed by atoms with E-state index in [4.69, 9.17) is 4.98 Å². The summed E-state index contributed by atoms with van der Waals surface area (Å²) >= 11 is 0. The maximum absolute atomic E-state index is 10.3. The van der Waals surface area contributed by atoms with Crippen LogP contribution in [0.2, 0.25) is 0 Å². The predicted molar refractivity (Wildman–Crippen MR) is 125 cm³/mol. The van der Waals surface area contributed by atoms with Crippen molar-refractivity contribution in [3.8, 4) is 17.0 Å². The van der Waals surface area contributed by atoms with Crippen molar-refractivity contribution in [1.29, 1.82) is 0 Å². The molecule has 0 amide bonds. The van der Waals surface area contributed by atoms with Gasteiger partial charge < -0.3 is 10.4 Å². The Kier molecular flexibility index (Phi) is 5.96. The van der Waals surface area contributed by atoms with Crippen molar-refractivity contribution in [3.05, 3.63) is 84.4 Å². The Labute approximate surface area is 177 Å². The number of nitrogens with one attached hydrogen (secondary N) is 1. The molecule has 0 radical (unpaired) electrons. The third-order valence-electron chi connectivity index (χ3n) is 5.43. The van der Waals surface area contributed by atoms with Crippen LogP contribution in [0.3, 0.4) is 0 Å². The quantitative estimate of drug-likeness (QED) is 0.365. The van der Waals surface area contributed by atoms with E-state index in [-0.39, 0.29) is 0 Å². The second-order valence-electron chi connectivity index (χ2n) is 7.37. The zero-order valence-corrected chi connectivity index (χ0v) is 17.5. The van der Waals surface area contributed by atoms with E-state index in [9.17, 15) is 5.11 Å². The van der Waals surface area contributed by atoms with E-state index in [0.29, 0.717) is 5.75 Å². The summed E-state index contributed by atoms with van der Waals surface area (Å²) in [6.07, 6.45) is 0. The molecule has 2 N–H and O–H groups in total. The number of pyridine rings is 1. The fourth-order valence-corrected chi connectivity index (χ4v) is 3.67. The highest BCUT2D eigenvalue weighted by Gasteiger charge is 2.10. The Morgan fingerprint density at radius 2 is 1.60 bits per heavy atom. The predicted octanol–water partition coefficient (Wildman–Crippen LogP) is 6.19. The summed E-state index contributed by atoms with van der Waals surface area (Å²) in [4.78, 5) is 7.14. The van der Waals surface area contributed by atoms with Gasteiger partial charge in [-0.05, 0) is 43.4 Å². The average Bonchev–Trinajstić information content (AvgIpc) is 2.80. The summed E-state index contributed by atoms with van der Waals surface area (Å²) in [6.45, 7) is 6.89. The van der Waals surface area contributed by atoms with Gasteiger partial charge in [-0.15, -0.1) is 0 Å². The number of nitrogens with zero attached hydrogens (tertiary/aromatic N) is 2. The van der Waals surface area contributed by atoms with Crippen molar-refractivity contribution in [2.45, 2.75) is 20.4 Å². The first-order valence-electron chi connectivity index (χ1n) is 10.4. The Hall–Kier alpha value is -3.37. The van der Waals surface area contributed by atoms with Crippen LogP contribution in [0.25, 0.3) is 22.2 Å². The highest BCUT2D eigenvalue weighted by Crippen LogP contribution is 2.32. The lowest BCUT2D eigenvalue weighted by Gasteiger charge is -2.19. The zero-order valence-electron chi connectivity index (χ0n) is 17.5. The molecule has 4 heteroatoms. The van der Waals surface area contributed by atoms with Gasteiger partial charge in [-0.2, -0.15) is 0 Å². The number of hydrogen-bond donors (Lipinski definition) is 2. The molecular formula is C26H27N3O. The van der Waals surface area contributed by atoms with Gasteiger partial charge in [0, 0.05) is 28.7 Å². The van der Waals surface area contributed by atoms with Gasteiger partial charge in [0.2, 0.25) is 0 Å². The Morgan fingerprint density at radius 1 is 0.867 bits per heavy atom. The number of anilines is 2. The van der Waals surface area contributed by atoms with Crippen LogP contribution in [-0.4, -0.2) is 28.1 Å². The number of phenols is 1. The first-order valence-corrected chi connectivity index (χ1v) is 10.4. The molecule has 0 spiro atoms. The van der Waals surface area contributed by atoms with E-state index in [2.05, 4.69) is 48.3 Å². The second-order valence-corrected chi connectivity index (χ2v) is 7.37. The number of hydrogen-bond acceptors (Lipinski definition) is 4. The fraction of sp³-hybridized carbons (Fsp3) is 0.192. The van der Waals surface area contributed by atoms with E-state index >= 15 is 0 Å². The minimum absolute atomic E-state index is 0.331. The van der Waals surface area contributed by atoms with Gasteiger partial charge in [0.1, 0.15) is 5.75 Å². The van der Waals surface area contributed by atoms with Crippen molar-refractivity contribution in [3.63, 3.8) is 0 Å². The first-order chi connectivity index (χ1) is 14.7. The molecule has 0 fully saturated rings. The fourth-order valence-electron chi connectivity index (χ4n) is 3.67. The highest BCUT2D eigenvalue weighted by atomic mass is 16.3. The van der Waals surface area contributed by atoms with Crippen LogP contribution in [0, 0.1) is 0 Å². The van der Waals surface area contributed by atoms with Gasteiger partial charge in [0.25, 0.3) is 0 Å². The molecule has 1 aromatic heterocycles. The molecule has 0 unspecified atom stereocenters. The summed E-state index contributed by atoms with van der Waals surface area (Å²) in [6, 6.07) is 26.2. The number of fused-ring (bicyclic) bond motifs is 1. The van der Waals surface area contributed by atoms with Crippen LogP contribution in [0.4, 0.5) is 11.4 Å². The van der Waals surface area contributed by atoms with Gasteiger partial charge in [0.15, 0.2) is 0 Å². The SMILES string of the molecule is CCN(CC)Cc1cc(Nc2cc(-c3ccccc3)nc3ccccc23)ccc1O. The molecule has 0 aliphatic rings. The van der Waals surface area contributed by atoms with Crippen molar-refractivity contribution >= 4 is 22.3 Å². The summed E-state index contributed by atoms with van der Waals surface area (Å²) < 4.78 is 0. The van der Waals surface area contributed by atoms with E-state index in [0.717, 1.165) is 58.7 Å². The first kappa shape index (κ1) is 19.9. The minimum atomic E-state index is 0.331.